The van der Waals surface area contributed by atoms with Crippen molar-refractivity contribution in [2.45, 2.75) is 51.5 Å². The van der Waals surface area contributed by atoms with Crippen LogP contribution >= 0.6 is 23.2 Å². The Hall–Kier alpha value is -0.240. The molecule has 3 rings (SSSR count). The van der Waals surface area contributed by atoms with E-state index >= 15 is 0 Å². The first kappa shape index (κ1) is 15.6. The quantitative estimate of drug-likeness (QED) is 0.690. The third-order valence-electron chi connectivity index (χ3n) is 5.40. The maximum absolute atomic E-state index is 6.44. The van der Waals surface area contributed by atoms with Gasteiger partial charge in [0.05, 0.1) is 0 Å². The Kier molecular flexibility index (Phi) is 5.14. The molecule has 2 aliphatic rings. The van der Waals surface area contributed by atoms with Crippen molar-refractivity contribution < 1.29 is 0 Å². The van der Waals surface area contributed by atoms with Crippen LogP contribution in [0.5, 0.6) is 0 Å². The first-order valence-electron chi connectivity index (χ1n) is 8.35. The predicted molar refractivity (Wildman–Crippen MR) is 91.1 cm³/mol. The van der Waals surface area contributed by atoms with Gasteiger partial charge < -0.3 is 5.32 Å². The number of hydrogen-bond donors (Lipinski definition) is 1. The van der Waals surface area contributed by atoms with Crippen molar-refractivity contribution in [3.63, 3.8) is 0 Å². The van der Waals surface area contributed by atoms with Gasteiger partial charge in [-0.05, 0) is 74.1 Å². The minimum Gasteiger partial charge on any atom is -0.310 e. The molecule has 0 aliphatic heterocycles. The van der Waals surface area contributed by atoms with Crippen LogP contribution < -0.4 is 5.32 Å². The molecule has 116 valence electrons. The SMILES string of the molecule is CCCNC(CC1CC2CCC1C2)c1ccc(Cl)cc1Cl. The molecule has 4 atom stereocenters. The number of fused-ring (bicyclic) bond motifs is 2. The van der Waals surface area contributed by atoms with E-state index in [1.807, 2.05) is 12.1 Å². The topological polar surface area (TPSA) is 12.0 Å². The van der Waals surface area contributed by atoms with Gasteiger partial charge >= 0.3 is 0 Å². The lowest BCUT2D eigenvalue weighted by Gasteiger charge is -2.28. The summed E-state index contributed by atoms with van der Waals surface area (Å²) in [7, 11) is 0. The molecule has 21 heavy (non-hydrogen) atoms. The van der Waals surface area contributed by atoms with Crippen LogP contribution in [-0.2, 0) is 0 Å². The Morgan fingerprint density at radius 1 is 1.24 bits per heavy atom. The molecule has 1 nitrogen and oxygen atoms in total. The Morgan fingerprint density at radius 2 is 2.10 bits per heavy atom. The van der Waals surface area contributed by atoms with Gasteiger partial charge in [-0.25, -0.2) is 0 Å². The zero-order valence-electron chi connectivity index (χ0n) is 12.7. The molecule has 1 aromatic carbocycles. The molecule has 3 heteroatoms. The van der Waals surface area contributed by atoms with E-state index in [1.165, 1.54) is 37.7 Å². The normalized spacial score (nSPS) is 29.0. The van der Waals surface area contributed by atoms with Gasteiger partial charge in [0.15, 0.2) is 0 Å². The molecule has 0 aromatic heterocycles. The fourth-order valence-electron chi connectivity index (χ4n) is 4.39. The van der Waals surface area contributed by atoms with Crippen LogP contribution in [0.3, 0.4) is 0 Å². The van der Waals surface area contributed by atoms with Crippen LogP contribution in [0.15, 0.2) is 18.2 Å². The lowest BCUT2D eigenvalue weighted by Crippen LogP contribution is -2.26. The number of hydrogen-bond acceptors (Lipinski definition) is 1. The summed E-state index contributed by atoms with van der Waals surface area (Å²) >= 11 is 12.5. The monoisotopic (exact) mass is 325 g/mol. The minimum atomic E-state index is 0.374. The van der Waals surface area contributed by atoms with E-state index in [-0.39, 0.29) is 0 Å². The molecule has 0 heterocycles. The summed E-state index contributed by atoms with van der Waals surface area (Å²) in [5.41, 5.74) is 1.22. The maximum atomic E-state index is 6.44. The highest BCUT2D eigenvalue weighted by Crippen LogP contribution is 2.51. The first-order chi connectivity index (χ1) is 10.2. The standard InChI is InChI=1S/C18H25Cl2N/c1-2-7-21-18(16-6-5-15(19)11-17(16)20)10-14-9-12-3-4-13(14)8-12/h5-6,11-14,18,21H,2-4,7-10H2,1H3. The molecule has 2 fully saturated rings. The summed E-state index contributed by atoms with van der Waals surface area (Å²) in [6.07, 6.45) is 8.20. The summed E-state index contributed by atoms with van der Waals surface area (Å²) in [5, 5.41) is 5.23. The van der Waals surface area contributed by atoms with Crippen LogP contribution in [0.1, 0.15) is 57.1 Å². The third-order valence-corrected chi connectivity index (χ3v) is 5.96. The van der Waals surface area contributed by atoms with E-state index in [0.29, 0.717) is 6.04 Å². The van der Waals surface area contributed by atoms with Gasteiger partial charge in [-0.2, -0.15) is 0 Å². The molecule has 4 unspecified atom stereocenters. The summed E-state index contributed by atoms with van der Waals surface area (Å²) in [6, 6.07) is 6.31. The molecular weight excluding hydrogens is 301 g/mol. The van der Waals surface area contributed by atoms with Gasteiger partial charge in [-0.15, -0.1) is 0 Å². The zero-order chi connectivity index (χ0) is 14.8. The van der Waals surface area contributed by atoms with Crippen molar-refractivity contribution in [2.24, 2.45) is 17.8 Å². The van der Waals surface area contributed by atoms with E-state index < -0.39 is 0 Å². The van der Waals surface area contributed by atoms with Crippen LogP contribution in [-0.4, -0.2) is 6.54 Å². The lowest BCUT2D eigenvalue weighted by atomic mass is 9.82. The largest absolute Gasteiger partial charge is 0.310 e. The molecule has 2 bridgehead atoms. The summed E-state index contributed by atoms with van der Waals surface area (Å²) in [6.45, 7) is 3.26. The van der Waals surface area contributed by atoms with Crippen molar-refractivity contribution in [2.75, 3.05) is 6.54 Å². The molecular formula is C18H25Cl2N. The second-order valence-corrected chi connectivity index (χ2v) is 7.69. The van der Waals surface area contributed by atoms with Crippen molar-refractivity contribution in [3.8, 4) is 0 Å². The van der Waals surface area contributed by atoms with Crippen molar-refractivity contribution >= 4 is 23.2 Å². The molecule has 2 saturated carbocycles. The minimum absolute atomic E-state index is 0.374. The number of halogens is 2. The van der Waals surface area contributed by atoms with Gasteiger partial charge in [-0.3, -0.25) is 0 Å². The molecule has 0 spiro atoms. The first-order valence-corrected chi connectivity index (χ1v) is 9.11. The van der Waals surface area contributed by atoms with Gasteiger partial charge in [0.25, 0.3) is 0 Å². The van der Waals surface area contributed by atoms with Crippen molar-refractivity contribution in [3.05, 3.63) is 33.8 Å². The van der Waals surface area contributed by atoms with Crippen molar-refractivity contribution in [1.29, 1.82) is 0 Å². The molecule has 1 N–H and O–H groups in total. The second-order valence-electron chi connectivity index (χ2n) is 6.84. The highest BCUT2D eigenvalue weighted by molar-refractivity contribution is 6.35. The molecule has 0 saturated heterocycles. The van der Waals surface area contributed by atoms with Crippen molar-refractivity contribution in [1.82, 2.24) is 5.32 Å². The van der Waals surface area contributed by atoms with E-state index in [1.54, 1.807) is 0 Å². The summed E-state index contributed by atoms with van der Waals surface area (Å²) < 4.78 is 0. The number of nitrogens with one attached hydrogen (secondary N) is 1. The Morgan fingerprint density at radius 3 is 2.71 bits per heavy atom. The average Bonchev–Trinajstić information content (AvgIpc) is 3.06. The second kappa shape index (κ2) is 6.89. The van der Waals surface area contributed by atoms with E-state index in [2.05, 4.69) is 18.3 Å². The number of rotatable bonds is 6. The lowest BCUT2D eigenvalue weighted by molar-refractivity contribution is 0.279. The van der Waals surface area contributed by atoms with Crippen LogP contribution in [0.2, 0.25) is 10.0 Å². The maximum Gasteiger partial charge on any atom is 0.0468 e. The Labute approximate surface area is 138 Å². The number of benzene rings is 1. The molecule has 0 radical (unpaired) electrons. The van der Waals surface area contributed by atoms with Gasteiger partial charge in [0.1, 0.15) is 0 Å². The highest BCUT2D eigenvalue weighted by Gasteiger charge is 2.40. The van der Waals surface area contributed by atoms with E-state index in [4.69, 9.17) is 23.2 Å². The fourth-order valence-corrected chi connectivity index (χ4v) is 4.93. The van der Waals surface area contributed by atoms with E-state index in [0.717, 1.165) is 40.8 Å². The fraction of sp³-hybridized carbons (Fsp3) is 0.667. The Bertz CT molecular complexity index is 488. The Balaban J connectivity index is 1.74. The zero-order valence-corrected chi connectivity index (χ0v) is 14.3. The van der Waals surface area contributed by atoms with Gasteiger partial charge in [0.2, 0.25) is 0 Å². The van der Waals surface area contributed by atoms with E-state index in [9.17, 15) is 0 Å². The molecule has 1 aromatic rings. The van der Waals surface area contributed by atoms with Crippen LogP contribution in [0.4, 0.5) is 0 Å². The predicted octanol–water partition coefficient (Wildman–Crippen LogP) is 5.86. The summed E-state index contributed by atoms with van der Waals surface area (Å²) in [4.78, 5) is 0. The molecule has 2 aliphatic carbocycles. The van der Waals surface area contributed by atoms with Crippen LogP contribution in [0, 0.1) is 17.8 Å². The average molecular weight is 326 g/mol. The third kappa shape index (κ3) is 3.57. The summed E-state index contributed by atoms with van der Waals surface area (Å²) in [5.74, 6) is 2.85. The van der Waals surface area contributed by atoms with Gasteiger partial charge in [-0.1, -0.05) is 42.6 Å². The molecule has 0 amide bonds. The van der Waals surface area contributed by atoms with Gasteiger partial charge in [0, 0.05) is 16.1 Å². The smallest absolute Gasteiger partial charge is 0.0468 e. The highest BCUT2D eigenvalue weighted by atomic mass is 35.5. The van der Waals surface area contributed by atoms with Crippen LogP contribution in [0.25, 0.3) is 0 Å².